The second-order valence-electron chi connectivity index (χ2n) is 8.53. The molecule has 154 valence electrons. The van der Waals surface area contributed by atoms with Crippen LogP contribution in [0.5, 0.6) is 0 Å². The molecular weight excluding hydrogens is 358 g/mol. The summed E-state index contributed by atoms with van der Waals surface area (Å²) in [6, 6.07) is 9.01. The molecule has 0 aromatic heterocycles. The largest absolute Gasteiger partial charge is 0.319 e. The van der Waals surface area contributed by atoms with Gasteiger partial charge in [-0.3, -0.25) is 9.59 Å². The van der Waals surface area contributed by atoms with Crippen LogP contribution in [0.2, 0.25) is 0 Å². The van der Waals surface area contributed by atoms with Crippen molar-refractivity contribution in [3.05, 3.63) is 77.4 Å². The monoisotopic (exact) mass is 391 g/mol. The molecule has 1 aromatic carbocycles. The molecule has 1 amide bonds. The van der Waals surface area contributed by atoms with Crippen molar-refractivity contribution in [1.82, 2.24) is 0 Å². The van der Waals surface area contributed by atoms with Crippen LogP contribution in [0.4, 0.5) is 5.69 Å². The highest BCUT2D eigenvalue weighted by Gasteiger charge is 2.26. The van der Waals surface area contributed by atoms with Gasteiger partial charge in [-0.05, 0) is 56.2 Å². The summed E-state index contributed by atoms with van der Waals surface area (Å²) in [5.41, 5.74) is 4.86. The van der Waals surface area contributed by atoms with E-state index in [0.717, 1.165) is 5.57 Å². The predicted molar refractivity (Wildman–Crippen MR) is 122 cm³/mol. The summed E-state index contributed by atoms with van der Waals surface area (Å²) in [5, 5.41) is 2.64. The Morgan fingerprint density at radius 1 is 1.17 bits per heavy atom. The lowest BCUT2D eigenvalue weighted by Crippen LogP contribution is -2.27. The Bertz CT molecular complexity index is 854. The zero-order chi connectivity index (χ0) is 21.4. The van der Waals surface area contributed by atoms with E-state index >= 15 is 0 Å². The molecule has 1 aliphatic rings. The van der Waals surface area contributed by atoms with Crippen molar-refractivity contribution < 1.29 is 9.59 Å². The lowest BCUT2D eigenvalue weighted by atomic mass is 9.72. The van der Waals surface area contributed by atoms with E-state index in [4.69, 9.17) is 0 Å². The van der Waals surface area contributed by atoms with Gasteiger partial charge in [-0.25, -0.2) is 0 Å². The van der Waals surface area contributed by atoms with Gasteiger partial charge in [-0.1, -0.05) is 80.5 Å². The molecule has 3 heteroatoms. The number of hydrogen-bond acceptors (Lipinski definition) is 2. The number of allylic oxidation sites excluding steroid dienone is 8. The lowest BCUT2D eigenvalue weighted by molar-refractivity contribution is -0.136. The number of anilines is 1. The number of Topliss-reactive ketones (excluding diaryl/α,β-unsaturated/α-hetero) is 1. The van der Waals surface area contributed by atoms with Crippen LogP contribution in [0.3, 0.4) is 0 Å². The van der Waals surface area contributed by atoms with Gasteiger partial charge in [0.25, 0.3) is 5.91 Å². The molecule has 2 rings (SSSR count). The number of hydrogen-bond donors (Lipinski definition) is 1. The maximum absolute atomic E-state index is 12.3. The van der Waals surface area contributed by atoms with Crippen LogP contribution in [0.1, 0.15) is 53.9 Å². The van der Waals surface area contributed by atoms with Gasteiger partial charge in [-0.15, -0.1) is 0 Å². The Labute approximate surface area is 175 Å². The van der Waals surface area contributed by atoms with E-state index in [9.17, 15) is 9.59 Å². The molecule has 0 aliphatic heterocycles. The van der Waals surface area contributed by atoms with Crippen molar-refractivity contribution in [3.63, 3.8) is 0 Å². The quantitative estimate of drug-likeness (QED) is 0.431. The standard InChI is InChI=1S/C26H33NO2/c1-19(16-17-23-20(2)13-10-18-26(23,4)5)11-9-12-21(3)24(28)25(29)27-22-14-7-6-8-15-22/h6-9,11-12,14-17,21H,10,13,18H2,1-5H3,(H,27,29). The highest BCUT2D eigenvalue weighted by molar-refractivity contribution is 6.41. The first-order valence-corrected chi connectivity index (χ1v) is 10.3. The summed E-state index contributed by atoms with van der Waals surface area (Å²) in [4.78, 5) is 24.4. The fourth-order valence-corrected chi connectivity index (χ4v) is 3.66. The minimum atomic E-state index is -0.587. The fraction of sp³-hybridized carbons (Fsp3) is 0.385. The average Bonchev–Trinajstić information content (AvgIpc) is 2.67. The molecule has 0 fully saturated rings. The van der Waals surface area contributed by atoms with Gasteiger partial charge in [0, 0.05) is 11.6 Å². The summed E-state index contributed by atoms with van der Waals surface area (Å²) >= 11 is 0. The van der Waals surface area contributed by atoms with Crippen LogP contribution < -0.4 is 5.32 Å². The molecule has 0 radical (unpaired) electrons. The van der Waals surface area contributed by atoms with Crippen LogP contribution in [-0.2, 0) is 9.59 Å². The normalized spacial score (nSPS) is 18.3. The zero-order valence-electron chi connectivity index (χ0n) is 18.3. The zero-order valence-corrected chi connectivity index (χ0v) is 18.3. The second-order valence-corrected chi connectivity index (χ2v) is 8.53. The molecular formula is C26H33NO2. The molecule has 1 aliphatic carbocycles. The first kappa shape index (κ1) is 22.6. The molecule has 1 unspecified atom stereocenters. The minimum Gasteiger partial charge on any atom is -0.319 e. The van der Waals surface area contributed by atoms with Gasteiger partial charge in [0.15, 0.2) is 0 Å². The van der Waals surface area contributed by atoms with Crippen LogP contribution in [0.25, 0.3) is 0 Å². The summed E-state index contributed by atoms with van der Waals surface area (Å²) < 4.78 is 0. The Balaban J connectivity index is 1.95. The number of para-hydroxylation sites is 1. The van der Waals surface area contributed by atoms with E-state index < -0.39 is 17.6 Å². The third kappa shape index (κ3) is 6.70. The average molecular weight is 392 g/mol. The SMILES string of the molecule is CC(C=CC1=C(C)CCCC1(C)C)=CC=CC(C)C(=O)C(=O)Nc1ccccc1. The van der Waals surface area contributed by atoms with Crippen LogP contribution in [0.15, 0.2) is 77.4 Å². The van der Waals surface area contributed by atoms with Crippen LogP contribution in [-0.4, -0.2) is 11.7 Å². The van der Waals surface area contributed by atoms with E-state index in [2.05, 4.69) is 38.2 Å². The summed E-state index contributed by atoms with van der Waals surface area (Å²) in [7, 11) is 0. The third-order valence-corrected chi connectivity index (χ3v) is 5.48. The van der Waals surface area contributed by atoms with Crippen molar-refractivity contribution in [2.75, 3.05) is 5.32 Å². The summed E-state index contributed by atoms with van der Waals surface area (Å²) in [5.74, 6) is -1.51. The number of rotatable bonds is 7. The van der Waals surface area contributed by atoms with Gasteiger partial charge in [0.05, 0.1) is 0 Å². The topological polar surface area (TPSA) is 46.2 Å². The Kier molecular flexibility index (Phi) is 7.95. The predicted octanol–water partition coefficient (Wildman–Crippen LogP) is 6.42. The smallest absolute Gasteiger partial charge is 0.292 e. The number of ketones is 1. The van der Waals surface area contributed by atoms with Crippen molar-refractivity contribution in [1.29, 1.82) is 0 Å². The molecule has 0 bridgehead atoms. The Hall–Kier alpha value is -2.68. The van der Waals surface area contributed by atoms with Crippen molar-refractivity contribution in [3.8, 4) is 0 Å². The van der Waals surface area contributed by atoms with Crippen LogP contribution in [0, 0.1) is 11.3 Å². The highest BCUT2D eigenvalue weighted by atomic mass is 16.2. The molecule has 0 spiro atoms. The van der Waals surface area contributed by atoms with E-state index in [0.29, 0.717) is 5.69 Å². The minimum absolute atomic E-state index is 0.224. The van der Waals surface area contributed by atoms with E-state index in [1.807, 2.05) is 37.3 Å². The van der Waals surface area contributed by atoms with Crippen molar-refractivity contribution in [2.24, 2.45) is 11.3 Å². The number of amides is 1. The van der Waals surface area contributed by atoms with Gasteiger partial charge in [0.2, 0.25) is 5.78 Å². The fourth-order valence-electron chi connectivity index (χ4n) is 3.66. The number of benzene rings is 1. The first-order valence-electron chi connectivity index (χ1n) is 10.3. The maximum Gasteiger partial charge on any atom is 0.292 e. The summed E-state index contributed by atoms with van der Waals surface area (Å²) in [6.07, 6.45) is 13.6. The second kappa shape index (κ2) is 10.2. The summed E-state index contributed by atoms with van der Waals surface area (Å²) in [6.45, 7) is 10.6. The molecule has 0 heterocycles. The third-order valence-electron chi connectivity index (χ3n) is 5.48. The lowest BCUT2D eigenvalue weighted by Gasteiger charge is -2.32. The molecule has 29 heavy (non-hydrogen) atoms. The molecule has 0 saturated heterocycles. The number of carbonyl (C=O) groups is 2. The Morgan fingerprint density at radius 3 is 2.52 bits per heavy atom. The van der Waals surface area contributed by atoms with E-state index in [1.54, 1.807) is 25.1 Å². The maximum atomic E-state index is 12.3. The molecule has 1 N–H and O–H groups in total. The molecule has 3 nitrogen and oxygen atoms in total. The number of nitrogens with one attached hydrogen (secondary N) is 1. The van der Waals surface area contributed by atoms with Gasteiger partial charge < -0.3 is 5.32 Å². The number of carbonyl (C=O) groups excluding carboxylic acids is 2. The van der Waals surface area contributed by atoms with Gasteiger partial charge in [-0.2, -0.15) is 0 Å². The van der Waals surface area contributed by atoms with Crippen molar-refractivity contribution in [2.45, 2.75) is 53.9 Å². The van der Waals surface area contributed by atoms with Crippen LogP contribution >= 0.6 is 0 Å². The van der Waals surface area contributed by atoms with E-state index in [1.165, 1.54) is 30.4 Å². The van der Waals surface area contributed by atoms with E-state index in [-0.39, 0.29) is 5.41 Å². The van der Waals surface area contributed by atoms with Gasteiger partial charge in [0.1, 0.15) is 0 Å². The molecule has 1 aromatic rings. The first-order chi connectivity index (χ1) is 13.7. The van der Waals surface area contributed by atoms with Gasteiger partial charge >= 0.3 is 0 Å². The Morgan fingerprint density at radius 2 is 1.86 bits per heavy atom. The highest BCUT2D eigenvalue weighted by Crippen LogP contribution is 2.40. The van der Waals surface area contributed by atoms with Crippen molar-refractivity contribution >= 4 is 17.4 Å². The molecule has 0 saturated carbocycles. The molecule has 1 atom stereocenters.